The first-order chi connectivity index (χ1) is 6.18. The molecule has 0 aliphatic heterocycles. The van der Waals surface area contributed by atoms with Crippen molar-refractivity contribution in [3.63, 3.8) is 0 Å². The molecule has 1 fully saturated rings. The van der Waals surface area contributed by atoms with E-state index >= 15 is 0 Å². The fourth-order valence-electron chi connectivity index (χ4n) is 1.35. The molecule has 0 amide bonds. The van der Waals surface area contributed by atoms with Gasteiger partial charge in [0.25, 0.3) is 0 Å². The third-order valence-corrected chi connectivity index (χ3v) is 3.56. The molecule has 0 saturated heterocycles. The molecule has 1 aliphatic carbocycles. The first kappa shape index (κ1) is 9.16. The topological polar surface area (TPSA) is 24.9 Å². The molecule has 1 aromatic heterocycles. The van der Waals surface area contributed by atoms with Gasteiger partial charge in [-0.1, -0.05) is 6.92 Å². The van der Waals surface area contributed by atoms with Crippen molar-refractivity contribution in [2.45, 2.75) is 33.2 Å². The maximum atomic E-state index is 4.41. The monoisotopic (exact) mass is 196 g/mol. The van der Waals surface area contributed by atoms with Crippen LogP contribution < -0.4 is 5.32 Å². The summed E-state index contributed by atoms with van der Waals surface area (Å²) in [6.07, 6.45) is 2.77. The zero-order valence-electron chi connectivity index (χ0n) is 8.26. The summed E-state index contributed by atoms with van der Waals surface area (Å²) in [7, 11) is 0. The Bertz CT molecular complexity index is 289. The van der Waals surface area contributed by atoms with Crippen LogP contribution in [0.2, 0.25) is 0 Å². The molecule has 0 spiro atoms. The summed E-state index contributed by atoms with van der Waals surface area (Å²) in [5, 5.41) is 6.78. The third-order valence-electron chi connectivity index (χ3n) is 2.60. The van der Waals surface area contributed by atoms with Crippen LogP contribution in [0.25, 0.3) is 0 Å². The van der Waals surface area contributed by atoms with Crippen LogP contribution in [-0.2, 0) is 6.54 Å². The Morgan fingerprint density at radius 1 is 1.62 bits per heavy atom. The van der Waals surface area contributed by atoms with E-state index in [1.165, 1.54) is 17.8 Å². The minimum atomic E-state index is 0.603. The van der Waals surface area contributed by atoms with Gasteiger partial charge in [0, 0.05) is 24.2 Å². The number of nitrogens with zero attached hydrogens (tertiary/aromatic N) is 1. The second kappa shape index (κ2) is 3.39. The summed E-state index contributed by atoms with van der Waals surface area (Å²) in [5.41, 5.74) is 1.74. The molecule has 13 heavy (non-hydrogen) atoms. The lowest BCUT2D eigenvalue weighted by Gasteiger charge is -2.07. The van der Waals surface area contributed by atoms with E-state index in [2.05, 4.69) is 22.6 Å². The van der Waals surface area contributed by atoms with Crippen molar-refractivity contribution < 1.29 is 0 Å². The number of hydrogen-bond acceptors (Lipinski definition) is 3. The average Bonchev–Trinajstić information content (AvgIpc) is 2.65. The van der Waals surface area contributed by atoms with Crippen LogP contribution in [0.3, 0.4) is 0 Å². The normalized spacial score (nSPS) is 18.9. The quantitative estimate of drug-likeness (QED) is 0.799. The molecule has 0 atom stereocenters. The van der Waals surface area contributed by atoms with Crippen molar-refractivity contribution in [3.05, 3.63) is 16.1 Å². The van der Waals surface area contributed by atoms with Gasteiger partial charge in [-0.3, -0.25) is 0 Å². The van der Waals surface area contributed by atoms with Gasteiger partial charge in [0.05, 0.1) is 0 Å². The fraction of sp³-hybridized carbons (Fsp3) is 0.700. The van der Waals surface area contributed by atoms with Crippen LogP contribution in [0, 0.1) is 12.3 Å². The van der Waals surface area contributed by atoms with E-state index in [-0.39, 0.29) is 0 Å². The van der Waals surface area contributed by atoms with Crippen LogP contribution in [0.1, 0.15) is 30.5 Å². The molecule has 3 heteroatoms. The van der Waals surface area contributed by atoms with Gasteiger partial charge in [0.2, 0.25) is 0 Å². The molecule has 2 rings (SSSR count). The van der Waals surface area contributed by atoms with Gasteiger partial charge in [0.15, 0.2) is 0 Å². The molecule has 0 aromatic carbocycles. The van der Waals surface area contributed by atoms with Crippen molar-refractivity contribution in [2.24, 2.45) is 5.41 Å². The highest BCUT2D eigenvalue weighted by Crippen LogP contribution is 2.44. The average molecular weight is 196 g/mol. The highest BCUT2D eigenvalue weighted by atomic mass is 32.1. The minimum Gasteiger partial charge on any atom is -0.310 e. The predicted octanol–water partition coefficient (Wildman–Crippen LogP) is 2.34. The van der Waals surface area contributed by atoms with E-state index in [0.717, 1.165) is 18.8 Å². The van der Waals surface area contributed by atoms with Crippen LogP contribution in [-0.4, -0.2) is 11.5 Å². The highest BCUT2D eigenvalue weighted by Gasteiger charge is 2.36. The van der Waals surface area contributed by atoms with Crippen molar-refractivity contribution >= 4 is 11.3 Å². The largest absolute Gasteiger partial charge is 0.310 e. The lowest BCUT2D eigenvalue weighted by molar-refractivity contribution is 0.499. The van der Waals surface area contributed by atoms with E-state index in [1.807, 2.05) is 6.92 Å². The molecule has 1 heterocycles. The van der Waals surface area contributed by atoms with Crippen LogP contribution >= 0.6 is 11.3 Å². The molecule has 0 unspecified atom stereocenters. The summed E-state index contributed by atoms with van der Waals surface area (Å²) in [4.78, 5) is 4.41. The highest BCUT2D eigenvalue weighted by molar-refractivity contribution is 7.09. The number of nitrogens with one attached hydrogen (secondary N) is 1. The number of aromatic nitrogens is 1. The second-order valence-corrected chi connectivity index (χ2v) is 5.24. The maximum Gasteiger partial charge on any atom is 0.107 e. The zero-order chi connectivity index (χ0) is 9.31. The fourth-order valence-corrected chi connectivity index (χ4v) is 2.09. The Hall–Kier alpha value is -0.410. The smallest absolute Gasteiger partial charge is 0.107 e. The first-order valence-corrected chi connectivity index (χ1v) is 5.68. The summed E-state index contributed by atoms with van der Waals surface area (Å²) in [6.45, 7) is 6.47. The SMILES string of the molecule is Cc1csc(CNCC2(C)CC2)n1. The van der Waals surface area contributed by atoms with Gasteiger partial charge in [-0.05, 0) is 25.2 Å². The Labute approximate surface area is 83.4 Å². The molecular weight excluding hydrogens is 180 g/mol. The Morgan fingerprint density at radius 3 is 2.92 bits per heavy atom. The number of rotatable bonds is 4. The van der Waals surface area contributed by atoms with Crippen LogP contribution in [0.5, 0.6) is 0 Å². The molecule has 0 radical (unpaired) electrons. The third kappa shape index (κ3) is 2.51. The minimum absolute atomic E-state index is 0.603. The molecular formula is C10H16N2S. The zero-order valence-corrected chi connectivity index (χ0v) is 9.08. The Balaban J connectivity index is 1.73. The van der Waals surface area contributed by atoms with Gasteiger partial charge >= 0.3 is 0 Å². The van der Waals surface area contributed by atoms with Crippen molar-refractivity contribution in [3.8, 4) is 0 Å². The van der Waals surface area contributed by atoms with E-state index < -0.39 is 0 Å². The van der Waals surface area contributed by atoms with Gasteiger partial charge in [-0.2, -0.15) is 0 Å². The molecule has 72 valence electrons. The lowest BCUT2D eigenvalue weighted by atomic mass is 10.1. The molecule has 2 nitrogen and oxygen atoms in total. The summed E-state index contributed by atoms with van der Waals surface area (Å²) >= 11 is 1.75. The van der Waals surface area contributed by atoms with Crippen molar-refractivity contribution in [1.29, 1.82) is 0 Å². The van der Waals surface area contributed by atoms with Gasteiger partial charge in [-0.25, -0.2) is 4.98 Å². The number of aryl methyl sites for hydroxylation is 1. The summed E-state index contributed by atoms with van der Waals surface area (Å²) in [6, 6.07) is 0. The summed E-state index contributed by atoms with van der Waals surface area (Å²) in [5.74, 6) is 0. The molecule has 1 N–H and O–H groups in total. The first-order valence-electron chi connectivity index (χ1n) is 4.80. The maximum absolute atomic E-state index is 4.41. The van der Waals surface area contributed by atoms with E-state index in [9.17, 15) is 0 Å². The lowest BCUT2D eigenvalue weighted by Crippen LogP contribution is -2.21. The van der Waals surface area contributed by atoms with Gasteiger partial charge < -0.3 is 5.32 Å². The number of thiazole rings is 1. The molecule has 1 saturated carbocycles. The molecule has 1 aliphatic rings. The molecule has 1 aromatic rings. The van der Waals surface area contributed by atoms with E-state index in [4.69, 9.17) is 0 Å². The standard InChI is InChI=1S/C10H16N2S/c1-8-6-13-9(12-8)5-11-7-10(2)3-4-10/h6,11H,3-5,7H2,1-2H3. The Kier molecular flexibility index (Phi) is 2.39. The van der Waals surface area contributed by atoms with Gasteiger partial charge in [-0.15, -0.1) is 11.3 Å². The molecule has 0 bridgehead atoms. The van der Waals surface area contributed by atoms with Gasteiger partial charge in [0.1, 0.15) is 5.01 Å². The van der Waals surface area contributed by atoms with E-state index in [0.29, 0.717) is 5.41 Å². The predicted molar refractivity (Wildman–Crippen MR) is 55.9 cm³/mol. The summed E-state index contributed by atoms with van der Waals surface area (Å²) < 4.78 is 0. The van der Waals surface area contributed by atoms with E-state index in [1.54, 1.807) is 11.3 Å². The van der Waals surface area contributed by atoms with Crippen LogP contribution in [0.4, 0.5) is 0 Å². The van der Waals surface area contributed by atoms with Crippen LogP contribution in [0.15, 0.2) is 5.38 Å². The second-order valence-electron chi connectivity index (χ2n) is 4.30. The Morgan fingerprint density at radius 2 is 2.38 bits per heavy atom. The number of hydrogen-bond donors (Lipinski definition) is 1. The van der Waals surface area contributed by atoms with Crippen molar-refractivity contribution in [2.75, 3.05) is 6.54 Å². The van der Waals surface area contributed by atoms with Crippen molar-refractivity contribution in [1.82, 2.24) is 10.3 Å².